The summed E-state index contributed by atoms with van der Waals surface area (Å²) in [7, 11) is 1.75. The Morgan fingerprint density at radius 2 is 1.84 bits per heavy atom. The molecule has 222 valence electrons. The third-order valence-corrected chi connectivity index (χ3v) is 7.12. The first-order chi connectivity index (χ1) is 20.5. The average Bonchev–Trinajstić information content (AvgIpc) is 2.97. The van der Waals surface area contributed by atoms with Crippen LogP contribution < -0.4 is 15.7 Å². The highest BCUT2D eigenvalue weighted by Gasteiger charge is 2.16. The minimum Gasteiger partial charge on any atom is -0.481 e. The summed E-state index contributed by atoms with van der Waals surface area (Å²) in [6, 6.07) is 21.0. The quantitative estimate of drug-likeness (QED) is 0.127. The monoisotopic (exact) mass is 577 g/mol. The van der Waals surface area contributed by atoms with Crippen molar-refractivity contribution in [2.45, 2.75) is 46.6 Å². The summed E-state index contributed by atoms with van der Waals surface area (Å²) in [6.07, 6.45) is 6.01. The standard InChI is InChI=1S/C35H39N5O3/c1-7-17-43-29-15-16-31-30(20-29)34(27-13-11-26(12-14-27)24(4)5)38-35(42)40(31)21-25-9-8-10-28(19-25)37-33(41)22-39(6)32(36)18-23(2)3/h1,8-16,19-20,23-24,36H,17-18,21-22H2,2-6H3,(H,37,41). The number of hydrogen-bond donors (Lipinski definition) is 2. The Kier molecular flexibility index (Phi) is 9.99. The van der Waals surface area contributed by atoms with Gasteiger partial charge in [-0.05, 0) is 53.3 Å². The molecule has 0 unspecified atom stereocenters. The lowest BCUT2D eigenvalue weighted by Crippen LogP contribution is -2.35. The van der Waals surface area contributed by atoms with Crippen LogP contribution in [0, 0.1) is 23.7 Å². The molecule has 0 fully saturated rings. The van der Waals surface area contributed by atoms with E-state index in [1.165, 1.54) is 5.56 Å². The van der Waals surface area contributed by atoms with Crippen LogP contribution in [0.3, 0.4) is 0 Å². The number of aromatic nitrogens is 2. The third kappa shape index (κ3) is 7.89. The molecule has 0 atom stereocenters. The van der Waals surface area contributed by atoms with Crippen molar-refractivity contribution in [3.63, 3.8) is 0 Å². The number of carbonyl (C=O) groups is 1. The van der Waals surface area contributed by atoms with Gasteiger partial charge in [-0.15, -0.1) is 6.42 Å². The number of nitrogens with zero attached hydrogens (tertiary/aromatic N) is 3. The lowest BCUT2D eigenvalue weighted by molar-refractivity contribution is -0.116. The number of likely N-dealkylation sites (N-methyl/N-ethyl adjacent to an activating group) is 1. The van der Waals surface area contributed by atoms with E-state index < -0.39 is 0 Å². The van der Waals surface area contributed by atoms with Crippen LogP contribution in [0.1, 0.15) is 51.2 Å². The van der Waals surface area contributed by atoms with E-state index in [-0.39, 0.29) is 31.3 Å². The molecule has 0 spiro atoms. The third-order valence-electron chi connectivity index (χ3n) is 7.12. The molecule has 0 bridgehead atoms. The summed E-state index contributed by atoms with van der Waals surface area (Å²) < 4.78 is 7.32. The van der Waals surface area contributed by atoms with Crippen molar-refractivity contribution >= 4 is 28.3 Å². The molecule has 0 aliphatic heterocycles. The maximum Gasteiger partial charge on any atom is 0.348 e. The molecule has 0 aliphatic carbocycles. The first-order valence-electron chi connectivity index (χ1n) is 14.4. The van der Waals surface area contributed by atoms with Gasteiger partial charge in [0, 0.05) is 30.1 Å². The van der Waals surface area contributed by atoms with Crippen molar-refractivity contribution in [1.82, 2.24) is 14.5 Å². The molecule has 4 aromatic rings. The van der Waals surface area contributed by atoms with Crippen LogP contribution in [0.25, 0.3) is 22.2 Å². The molecule has 43 heavy (non-hydrogen) atoms. The Balaban J connectivity index is 1.65. The van der Waals surface area contributed by atoms with Crippen molar-refractivity contribution in [2.24, 2.45) is 5.92 Å². The van der Waals surface area contributed by atoms with E-state index in [0.717, 1.165) is 16.5 Å². The lowest BCUT2D eigenvalue weighted by atomic mass is 9.99. The molecule has 8 heteroatoms. The molecule has 0 aliphatic rings. The molecule has 0 radical (unpaired) electrons. The van der Waals surface area contributed by atoms with Crippen molar-refractivity contribution in [1.29, 1.82) is 5.41 Å². The zero-order valence-electron chi connectivity index (χ0n) is 25.5. The summed E-state index contributed by atoms with van der Waals surface area (Å²) in [4.78, 5) is 32.4. The van der Waals surface area contributed by atoms with Crippen molar-refractivity contribution in [2.75, 3.05) is 25.5 Å². The van der Waals surface area contributed by atoms with Crippen molar-refractivity contribution in [3.05, 3.63) is 88.3 Å². The largest absolute Gasteiger partial charge is 0.481 e. The number of amidine groups is 1. The molecule has 0 saturated heterocycles. The summed E-state index contributed by atoms with van der Waals surface area (Å²) in [6.45, 7) is 8.82. The average molecular weight is 578 g/mol. The number of hydrogen-bond acceptors (Lipinski definition) is 5. The summed E-state index contributed by atoms with van der Waals surface area (Å²) >= 11 is 0. The number of nitrogens with one attached hydrogen (secondary N) is 2. The maximum atomic E-state index is 13.5. The Hall–Kier alpha value is -4.90. The van der Waals surface area contributed by atoms with Gasteiger partial charge >= 0.3 is 5.69 Å². The number of terminal acetylenes is 1. The van der Waals surface area contributed by atoms with Crippen LogP contribution in [0.5, 0.6) is 5.75 Å². The summed E-state index contributed by atoms with van der Waals surface area (Å²) in [5.74, 6) is 4.00. The molecule has 0 saturated carbocycles. The van der Waals surface area contributed by atoms with Crippen LogP contribution in [0.15, 0.2) is 71.5 Å². The Morgan fingerprint density at radius 1 is 1.09 bits per heavy atom. The second kappa shape index (κ2) is 13.8. The van der Waals surface area contributed by atoms with Gasteiger partial charge in [-0.25, -0.2) is 4.79 Å². The number of carbonyl (C=O) groups excluding carboxylic acids is 1. The van der Waals surface area contributed by atoms with Crippen molar-refractivity contribution in [3.8, 4) is 29.4 Å². The number of rotatable bonds is 11. The fourth-order valence-electron chi connectivity index (χ4n) is 4.86. The minimum atomic E-state index is -0.382. The second-order valence-corrected chi connectivity index (χ2v) is 11.4. The zero-order valence-corrected chi connectivity index (χ0v) is 25.5. The van der Waals surface area contributed by atoms with E-state index >= 15 is 0 Å². The zero-order chi connectivity index (χ0) is 31.1. The Labute approximate surface area is 253 Å². The first kappa shape index (κ1) is 31.0. The highest BCUT2D eigenvalue weighted by Crippen LogP contribution is 2.30. The predicted molar refractivity (Wildman–Crippen MR) is 174 cm³/mol. The Bertz CT molecular complexity index is 1710. The summed E-state index contributed by atoms with van der Waals surface area (Å²) in [5, 5.41) is 11.9. The van der Waals surface area contributed by atoms with Gasteiger partial charge in [0.2, 0.25) is 5.91 Å². The predicted octanol–water partition coefficient (Wildman–Crippen LogP) is 6.14. The van der Waals surface area contributed by atoms with Crippen LogP contribution in [0.2, 0.25) is 0 Å². The van der Waals surface area contributed by atoms with Crippen molar-refractivity contribution < 1.29 is 9.53 Å². The maximum absolute atomic E-state index is 13.5. The normalized spacial score (nSPS) is 11.0. The number of amides is 1. The number of benzene rings is 3. The van der Waals surface area contributed by atoms with Crippen LogP contribution in [-0.2, 0) is 11.3 Å². The molecular weight excluding hydrogens is 538 g/mol. The minimum absolute atomic E-state index is 0.0769. The molecule has 8 nitrogen and oxygen atoms in total. The van der Waals surface area contributed by atoms with Crippen LogP contribution >= 0.6 is 0 Å². The molecule has 1 aromatic heterocycles. The molecule has 3 aromatic carbocycles. The van der Waals surface area contributed by atoms with Gasteiger partial charge in [0.1, 0.15) is 12.4 Å². The fraction of sp³-hybridized carbons (Fsp3) is 0.314. The van der Waals surface area contributed by atoms with Gasteiger partial charge in [0.25, 0.3) is 0 Å². The smallest absolute Gasteiger partial charge is 0.348 e. The molecule has 4 rings (SSSR count). The van der Waals surface area contributed by atoms with Gasteiger partial charge in [0.15, 0.2) is 0 Å². The topological polar surface area (TPSA) is 100 Å². The highest BCUT2D eigenvalue weighted by molar-refractivity contribution is 5.95. The number of fused-ring (bicyclic) bond motifs is 1. The lowest BCUT2D eigenvalue weighted by Gasteiger charge is -2.20. The highest BCUT2D eigenvalue weighted by atomic mass is 16.5. The van der Waals surface area contributed by atoms with Crippen LogP contribution in [0.4, 0.5) is 5.69 Å². The summed E-state index contributed by atoms with van der Waals surface area (Å²) in [5.41, 5.74) is 4.37. The van der Waals surface area contributed by atoms with Gasteiger partial charge in [-0.1, -0.05) is 70.0 Å². The molecule has 1 amide bonds. The fourth-order valence-corrected chi connectivity index (χ4v) is 4.86. The van der Waals surface area contributed by atoms with E-state index in [2.05, 4.69) is 42.2 Å². The van der Waals surface area contributed by atoms with Crippen LogP contribution in [-0.4, -0.2) is 46.4 Å². The Morgan fingerprint density at radius 3 is 2.51 bits per heavy atom. The van der Waals surface area contributed by atoms with Gasteiger partial charge in [-0.3, -0.25) is 14.8 Å². The first-order valence-corrected chi connectivity index (χ1v) is 14.4. The molecule has 2 N–H and O–H groups in total. The van der Waals surface area contributed by atoms with E-state index in [1.807, 2.05) is 56.3 Å². The van der Waals surface area contributed by atoms with E-state index in [1.54, 1.807) is 28.6 Å². The van der Waals surface area contributed by atoms with E-state index in [9.17, 15) is 9.59 Å². The number of anilines is 1. The SMILES string of the molecule is C#CCOc1ccc2c(c1)c(-c1ccc(C(C)C)cc1)nc(=O)n2Cc1cccc(NC(=O)CN(C)C(=N)CC(C)C)c1. The van der Waals surface area contributed by atoms with E-state index in [4.69, 9.17) is 16.6 Å². The second-order valence-electron chi connectivity index (χ2n) is 11.4. The van der Waals surface area contributed by atoms with E-state index in [0.29, 0.717) is 46.7 Å². The van der Waals surface area contributed by atoms with Gasteiger partial charge < -0.3 is 15.0 Å². The molecular formula is C35H39N5O3. The van der Waals surface area contributed by atoms with Gasteiger partial charge in [-0.2, -0.15) is 4.98 Å². The molecule has 1 heterocycles. The number of ether oxygens (including phenoxy) is 1. The van der Waals surface area contributed by atoms with Gasteiger partial charge in [0.05, 0.1) is 30.1 Å².